The average molecular weight is 387 g/mol. The Morgan fingerprint density at radius 3 is 2.86 bits per heavy atom. The topological polar surface area (TPSA) is 56.1 Å². The van der Waals surface area contributed by atoms with Gasteiger partial charge in [-0.2, -0.15) is 5.10 Å². The van der Waals surface area contributed by atoms with E-state index < -0.39 is 0 Å². The number of hydrogen-bond acceptors (Lipinski definition) is 3. The van der Waals surface area contributed by atoms with Crippen molar-refractivity contribution in [2.24, 2.45) is 7.05 Å². The molecule has 2 aromatic rings. The fourth-order valence-corrected chi connectivity index (χ4v) is 2.77. The molecule has 2 rings (SSSR count). The Morgan fingerprint density at radius 1 is 1.55 bits per heavy atom. The van der Waals surface area contributed by atoms with Gasteiger partial charge in [0.1, 0.15) is 5.75 Å². The average Bonchev–Trinajstić information content (AvgIpc) is 2.78. The molecule has 0 spiro atoms. The third kappa shape index (κ3) is 4.01. The van der Waals surface area contributed by atoms with E-state index in [2.05, 4.69) is 26.3 Å². The number of aryl methyl sites for hydroxylation is 1. The molecule has 0 aliphatic rings. The molecule has 0 aliphatic heterocycles. The lowest BCUT2D eigenvalue weighted by Gasteiger charge is -2.14. The van der Waals surface area contributed by atoms with Crippen molar-refractivity contribution in [3.05, 3.63) is 45.1 Å². The van der Waals surface area contributed by atoms with E-state index in [1.807, 2.05) is 20.9 Å². The van der Waals surface area contributed by atoms with Gasteiger partial charge in [0.15, 0.2) is 6.61 Å². The second kappa shape index (κ2) is 7.15. The largest absolute Gasteiger partial charge is 0.482 e. The van der Waals surface area contributed by atoms with Gasteiger partial charge in [-0.1, -0.05) is 27.5 Å². The summed E-state index contributed by atoms with van der Waals surface area (Å²) in [6, 6.07) is 5.11. The van der Waals surface area contributed by atoms with Crippen LogP contribution >= 0.6 is 27.5 Å². The van der Waals surface area contributed by atoms with Gasteiger partial charge in [0.25, 0.3) is 5.91 Å². The summed E-state index contributed by atoms with van der Waals surface area (Å²) in [5.74, 6) is 0.264. The molecule has 1 amide bonds. The van der Waals surface area contributed by atoms with Crippen LogP contribution < -0.4 is 10.1 Å². The first-order valence-corrected chi connectivity index (χ1v) is 7.91. The number of nitrogens with zero attached hydrogens (tertiary/aromatic N) is 2. The smallest absolute Gasteiger partial charge is 0.258 e. The fraction of sp³-hybridized carbons (Fsp3) is 0.333. The zero-order chi connectivity index (χ0) is 16.3. The minimum absolute atomic E-state index is 0.0923. The second-order valence-corrected chi connectivity index (χ2v) is 6.28. The molecular formula is C15H17BrClN3O2. The first-order chi connectivity index (χ1) is 10.4. The number of hydrogen-bond donors (Lipinski definition) is 1. The van der Waals surface area contributed by atoms with E-state index in [1.54, 1.807) is 29.1 Å². The molecular weight excluding hydrogens is 370 g/mol. The van der Waals surface area contributed by atoms with Crippen molar-refractivity contribution in [3.8, 4) is 5.75 Å². The zero-order valence-corrected chi connectivity index (χ0v) is 14.9. The maximum Gasteiger partial charge on any atom is 0.258 e. The van der Waals surface area contributed by atoms with Crippen LogP contribution in [0.4, 0.5) is 0 Å². The molecule has 7 heteroatoms. The number of carbonyl (C=O) groups excluding carboxylic acids is 1. The quantitative estimate of drug-likeness (QED) is 0.857. The van der Waals surface area contributed by atoms with Crippen molar-refractivity contribution in [3.63, 3.8) is 0 Å². The van der Waals surface area contributed by atoms with E-state index in [4.69, 9.17) is 16.3 Å². The van der Waals surface area contributed by atoms with Crippen LogP contribution in [0.15, 0.2) is 28.9 Å². The Morgan fingerprint density at radius 2 is 2.27 bits per heavy atom. The van der Waals surface area contributed by atoms with Gasteiger partial charge in [-0.25, -0.2) is 0 Å². The second-order valence-electron chi connectivity index (χ2n) is 4.96. The monoisotopic (exact) mass is 385 g/mol. The number of carbonyl (C=O) groups is 1. The van der Waals surface area contributed by atoms with E-state index in [1.165, 1.54) is 0 Å². The third-order valence-corrected chi connectivity index (χ3v) is 4.16. The van der Waals surface area contributed by atoms with Crippen LogP contribution in [-0.4, -0.2) is 22.3 Å². The predicted octanol–water partition coefficient (Wildman–Crippen LogP) is 3.40. The van der Waals surface area contributed by atoms with Gasteiger partial charge in [0.05, 0.1) is 17.3 Å². The van der Waals surface area contributed by atoms with Gasteiger partial charge in [0.2, 0.25) is 0 Å². The number of rotatable bonds is 5. The SMILES string of the molecule is Cc1c([C@@H](C)NC(=O)COc2ccc(Br)cc2Cl)cnn1C. The first-order valence-electron chi connectivity index (χ1n) is 6.74. The van der Waals surface area contributed by atoms with E-state index in [-0.39, 0.29) is 18.6 Å². The van der Waals surface area contributed by atoms with Crippen LogP contribution in [0.1, 0.15) is 24.2 Å². The van der Waals surface area contributed by atoms with Crippen molar-refractivity contribution in [2.75, 3.05) is 6.61 Å². The summed E-state index contributed by atoms with van der Waals surface area (Å²) in [5.41, 5.74) is 2.00. The Bertz CT molecular complexity index is 687. The molecule has 0 bridgehead atoms. The van der Waals surface area contributed by atoms with E-state index >= 15 is 0 Å². The summed E-state index contributed by atoms with van der Waals surface area (Å²) < 4.78 is 8.07. The highest BCUT2D eigenvalue weighted by Gasteiger charge is 2.15. The van der Waals surface area contributed by atoms with Gasteiger partial charge in [0, 0.05) is 22.8 Å². The van der Waals surface area contributed by atoms with Gasteiger partial charge in [-0.05, 0) is 32.0 Å². The fourth-order valence-electron chi connectivity index (χ4n) is 2.04. The lowest BCUT2D eigenvalue weighted by Crippen LogP contribution is -2.31. The molecule has 1 heterocycles. The maximum absolute atomic E-state index is 12.0. The highest BCUT2D eigenvalue weighted by Crippen LogP contribution is 2.27. The molecule has 0 saturated carbocycles. The Hall–Kier alpha value is -1.53. The standard InChI is InChI=1S/C15H17BrClN3O2/c1-9(12-7-18-20(3)10(12)2)19-15(21)8-22-14-5-4-11(16)6-13(14)17/h4-7,9H,8H2,1-3H3,(H,19,21)/t9-/m1/s1. The lowest BCUT2D eigenvalue weighted by molar-refractivity contribution is -0.123. The van der Waals surface area contributed by atoms with Crippen molar-refractivity contribution in [1.82, 2.24) is 15.1 Å². The summed E-state index contributed by atoms with van der Waals surface area (Å²) in [6.45, 7) is 3.78. The highest BCUT2D eigenvalue weighted by atomic mass is 79.9. The zero-order valence-electron chi connectivity index (χ0n) is 12.6. The molecule has 0 fully saturated rings. The van der Waals surface area contributed by atoms with Gasteiger partial charge in [-0.15, -0.1) is 0 Å². The normalized spacial score (nSPS) is 12.0. The minimum Gasteiger partial charge on any atom is -0.482 e. The molecule has 1 aromatic heterocycles. The molecule has 1 atom stereocenters. The Labute approximate surface area is 142 Å². The summed E-state index contributed by atoms with van der Waals surface area (Å²) in [5, 5.41) is 7.51. The van der Waals surface area contributed by atoms with Crippen LogP contribution in [0.25, 0.3) is 0 Å². The van der Waals surface area contributed by atoms with Crippen molar-refractivity contribution < 1.29 is 9.53 Å². The maximum atomic E-state index is 12.0. The molecule has 22 heavy (non-hydrogen) atoms. The van der Waals surface area contributed by atoms with Crippen LogP contribution in [0, 0.1) is 6.92 Å². The molecule has 1 N–H and O–H groups in total. The highest BCUT2D eigenvalue weighted by molar-refractivity contribution is 9.10. The van der Waals surface area contributed by atoms with Crippen LogP contribution in [-0.2, 0) is 11.8 Å². The molecule has 5 nitrogen and oxygen atoms in total. The molecule has 0 unspecified atom stereocenters. The number of halogens is 2. The van der Waals surface area contributed by atoms with Crippen molar-refractivity contribution >= 4 is 33.4 Å². The minimum atomic E-state index is -0.213. The molecule has 0 aliphatic carbocycles. The Kier molecular flexibility index (Phi) is 5.47. The van der Waals surface area contributed by atoms with Crippen LogP contribution in [0.3, 0.4) is 0 Å². The van der Waals surface area contributed by atoms with Gasteiger partial charge >= 0.3 is 0 Å². The summed E-state index contributed by atoms with van der Waals surface area (Å²) in [4.78, 5) is 12.0. The van der Waals surface area contributed by atoms with Gasteiger partial charge in [-0.3, -0.25) is 9.48 Å². The van der Waals surface area contributed by atoms with E-state index in [0.717, 1.165) is 15.7 Å². The number of amides is 1. The third-order valence-electron chi connectivity index (χ3n) is 3.37. The van der Waals surface area contributed by atoms with E-state index in [0.29, 0.717) is 10.8 Å². The summed E-state index contributed by atoms with van der Waals surface area (Å²) in [6.07, 6.45) is 1.76. The number of nitrogens with one attached hydrogen (secondary N) is 1. The predicted molar refractivity (Wildman–Crippen MR) is 89.1 cm³/mol. The van der Waals surface area contributed by atoms with Gasteiger partial charge < -0.3 is 10.1 Å². The number of aromatic nitrogens is 2. The first kappa shape index (κ1) is 16.8. The van der Waals surface area contributed by atoms with Crippen LogP contribution in [0.5, 0.6) is 5.75 Å². The number of benzene rings is 1. The molecule has 0 radical (unpaired) electrons. The van der Waals surface area contributed by atoms with Crippen LogP contribution in [0.2, 0.25) is 5.02 Å². The van der Waals surface area contributed by atoms with Crippen molar-refractivity contribution in [2.45, 2.75) is 19.9 Å². The molecule has 118 valence electrons. The number of ether oxygens (including phenoxy) is 1. The van der Waals surface area contributed by atoms with Crippen molar-refractivity contribution in [1.29, 1.82) is 0 Å². The lowest BCUT2D eigenvalue weighted by atomic mass is 10.1. The van der Waals surface area contributed by atoms with E-state index in [9.17, 15) is 4.79 Å². The summed E-state index contributed by atoms with van der Waals surface area (Å²) >= 11 is 9.36. The molecule has 0 saturated heterocycles. The summed E-state index contributed by atoms with van der Waals surface area (Å²) in [7, 11) is 1.87. The molecule has 1 aromatic carbocycles. The Balaban J connectivity index is 1.91.